The highest BCUT2D eigenvalue weighted by atomic mass is 15.3. The van der Waals surface area contributed by atoms with Crippen LogP contribution in [0.5, 0.6) is 0 Å². The molecular formula is C20H29N7. The molecule has 2 saturated heterocycles. The molecule has 4 aliphatic rings. The topological polar surface area (TPSA) is 81.8 Å². The van der Waals surface area contributed by atoms with Gasteiger partial charge in [0.2, 0.25) is 5.95 Å². The van der Waals surface area contributed by atoms with Crippen molar-refractivity contribution in [3.8, 4) is 0 Å². The highest BCUT2D eigenvalue weighted by Gasteiger charge is 2.57. The third kappa shape index (κ3) is 2.88. The minimum atomic E-state index is 0.117. The lowest BCUT2D eigenvalue weighted by atomic mass is 9.51. The van der Waals surface area contributed by atoms with E-state index in [0.717, 1.165) is 36.6 Å². The van der Waals surface area contributed by atoms with Gasteiger partial charge in [0.25, 0.3) is 0 Å². The maximum atomic E-state index is 4.78. The first-order valence-corrected chi connectivity index (χ1v) is 10.1. The first-order chi connectivity index (χ1) is 13.0. The highest BCUT2D eigenvalue weighted by Crippen LogP contribution is 2.56. The molecule has 0 amide bonds. The molecule has 7 nitrogen and oxygen atoms in total. The van der Waals surface area contributed by atoms with Gasteiger partial charge in [-0.25, -0.2) is 4.98 Å². The van der Waals surface area contributed by atoms with E-state index in [-0.39, 0.29) is 5.54 Å². The minimum absolute atomic E-state index is 0.117. The molecule has 144 valence electrons. The number of nitrogens with zero attached hydrogens (tertiary/aromatic N) is 4. The number of nitrogens with one attached hydrogen (secondary N) is 3. The van der Waals surface area contributed by atoms with Crippen LogP contribution in [0.2, 0.25) is 0 Å². The van der Waals surface area contributed by atoms with Crippen molar-refractivity contribution in [2.75, 3.05) is 30.4 Å². The maximum absolute atomic E-state index is 4.78. The predicted molar refractivity (Wildman–Crippen MR) is 106 cm³/mol. The van der Waals surface area contributed by atoms with Gasteiger partial charge in [-0.15, -0.1) is 0 Å². The largest absolute Gasteiger partial charge is 0.340 e. The molecule has 3 N–H and O–H groups in total. The van der Waals surface area contributed by atoms with Crippen LogP contribution < -0.4 is 15.5 Å². The summed E-state index contributed by atoms with van der Waals surface area (Å²) in [5.74, 6) is 3.87. The highest BCUT2D eigenvalue weighted by molar-refractivity contribution is 5.54. The number of fused-ring (bicyclic) bond motifs is 2. The van der Waals surface area contributed by atoms with Crippen LogP contribution in [-0.2, 0) is 0 Å². The van der Waals surface area contributed by atoms with Crippen molar-refractivity contribution in [2.45, 2.75) is 51.0 Å². The third-order valence-corrected chi connectivity index (χ3v) is 7.08. The van der Waals surface area contributed by atoms with E-state index >= 15 is 0 Å². The Labute approximate surface area is 160 Å². The van der Waals surface area contributed by atoms with E-state index in [1.54, 1.807) is 0 Å². The van der Waals surface area contributed by atoms with E-state index in [1.807, 2.05) is 12.3 Å². The van der Waals surface area contributed by atoms with Crippen LogP contribution in [0.15, 0.2) is 18.3 Å². The lowest BCUT2D eigenvalue weighted by Gasteiger charge is -2.63. The molecule has 0 spiro atoms. The molecule has 2 aromatic rings. The fourth-order valence-corrected chi connectivity index (χ4v) is 4.88. The van der Waals surface area contributed by atoms with Crippen LogP contribution >= 0.6 is 0 Å². The van der Waals surface area contributed by atoms with Gasteiger partial charge in [-0.3, -0.25) is 5.10 Å². The molecule has 2 aliphatic carbocycles. The van der Waals surface area contributed by atoms with Crippen molar-refractivity contribution >= 4 is 17.6 Å². The van der Waals surface area contributed by atoms with E-state index in [1.165, 1.54) is 31.4 Å². The molecule has 2 aliphatic heterocycles. The van der Waals surface area contributed by atoms with Crippen LogP contribution in [0.3, 0.4) is 0 Å². The van der Waals surface area contributed by atoms with Crippen LogP contribution in [0.1, 0.15) is 51.1 Å². The number of anilines is 3. The lowest BCUT2D eigenvalue weighted by molar-refractivity contribution is -0.0423. The number of aromatic amines is 1. The number of aromatic nitrogens is 4. The molecule has 6 rings (SSSR count). The molecule has 4 heterocycles. The zero-order valence-electron chi connectivity index (χ0n) is 16.4. The van der Waals surface area contributed by atoms with Gasteiger partial charge in [0.05, 0.1) is 0 Å². The van der Waals surface area contributed by atoms with Gasteiger partial charge in [0.15, 0.2) is 5.82 Å². The summed E-state index contributed by atoms with van der Waals surface area (Å²) in [5, 5.41) is 14.4. The Kier molecular flexibility index (Phi) is 3.73. The van der Waals surface area contributed by atoms with Gasteiger partial charge in [-0.05, 0) is 58.6 Å². The second-order valence-corrected chi connectivity index (χ2v) is 9.16. The van der Waals surface area contributed by atoms with Crippen LogP contribution in [0.4, 0.5) is 17.6 Å². The summed E-state index contributed by atoms with van der Waals surface area (Å²) >= 11 is 0. The zero-order chi connectivity index (χ0) is 18.6. The number of H-pyrrole nitrogens is 1. The maximum Gasteiger partial charge on any atom is 0.227 e. The van der Waals surface area contributed by atoms with E-state index < -0.39 is 0 Å². The summed E-state index contributed by atoms with van der Waals surface area (Å²) in [7, 11) is 2.07. The zero-order valence-corrected chi connectivity index (χ0v) is 16.4. The quantitative estimate of drug-likeness (QED) is 0.728. The molecular weight excluding hydrogens is 338 g/mol. The lowest BCUT2D eigenvalue weighted by Crippen LogP contribution is -2.68. The number of hydrogen-bond donors (Lipinski definition) is 3. The SMILES string of the molecule is CNC(C)(C)C12CC(CN(c3nccc(Nc4cc(C5CC5)[nH]n4)n3)C1)C2. The first kappa shape index (κ1) is 17.0. The minimum Gasteiger partial charge on any atom is -0.340 e. The molecule has 7 heteroatoms. The van der Waals surface area contributed by atoms with Gasteiger partial charge in [-0.2, -0.15) is 10.1 Å². The van der Waals surface area contributed by atoms with E-state index in [2.05, 4.69) is 57.7 Å². The summed E-state index contributed by atoms with van der Waals surface area (Å²) in [5.41, 5.74) is 1.64. The number of piperidine rings is 2. The summed E-state index contributed by atoms with van der Waals surface area (Å²) in [6, 6.07) is 4.01. The average Bonchev–Trinajstić information content (AvgIpc) is 3.41. The Morgan fingerprint density at radius 2 is 2.07 bits per heavy atom. The molecule has 2 saturated carbocycles. The van der Waals surface area contributed by atoms with Crippen molar-refractivity contribution < 1.29 is 0 Å². The second kappa shape index (κ2) is 5.92. The van der Waals surface area contributed by atoms with Crippen molar-refractivity contribution in [2.24, 2.45) is 11.3 Å². The number of hydrogen-bond acceptors (Lipinski definition) is 6. The normalized spacial score (nSPS) is 27.4. The van der Waals surface area contributed by atoms with Gasteiger partial charge in [0, 0.05) is 47.9 Å². The summed E-state index contributed by atoms with van der Waals surface area (Å²) in [6.45, 7) is 6.70. The Bertz CT molecular complexity index is 832. The molecule has 0 aromatic carbocycles. The Hall–Kier alpha value is -2.15. The van der Waals surface area contributed by atoms with E-state index in [4.69, 9.17) is 4.98 Å². The van der Waals surface area contributed by atoms with Crippen LogP contribution in [0, 0.1) is 11.3 Å². The van der Waals surface area contributed by atoms with Crippen LogP contribution in [0.25, 0.3) is 0 Å². The fourth-order valence-electron chi connectivity index (χ4n) is 4.88. The second-order valence-electron chi connectivity index (χ2n) is 9.16. The summed E-state index contributed by atoms with van der Waals surface area (Å²) in [4.78, 5) is 11.7. The van der Waals surface area contributed by atoms with E-state index in [0.29, 0.717) is 11.3 Å². The average molecular weight is 368 g/mol. The van der Waals surface area contributed by atoms with Gasteiger partial charge < -0.3 is 15.5 Å². The molecule has 4 fully saturated rings. The van der Waals surface area contributed by atoms with Gasteiger partial charge >= 0.3 is 0 Å². The van der Waals surface area contributed by atoms with Gasteiger partial charge in [0.1, 0.15) is 5.82 Å². The predicted octanol–water partition coefficient (Wildman–Crippen LogP) is 3.04. The number of rotatable bonds is 6. The molecule has 27 heavy (non-hydrogen) atoms. The standard InChI is InChI=1S/C20H29N7/c1-19(2,21-3)20-9-13(10-20)11-27(12-20)18-22-7-6-16(24-18)23-17-8-15(25-26-17)14-4-5-14/h6-8,13-14,21H,4-5,9-12H2,1-3H3,(H2,22,23,24,25,26). The Morgan fingerprint density at radius 1 is 1.26 bits per heavy atom. The van der Waals surface area contributed by atoms with Gasteiger partial charge in [-0.1, -0.05) is 0 Å². The van der Waals surface area contributed by atoms with E-state index in [9.17, 15) is 0 Å². The van der Waals surface area contributed by atoms with Crippen molar-refractivity contribution in [1.29, 1.82) is 0 Å². The monoisotopic (exact) mass is 367 g/mol. The van der Waals surface area contributed by atoms with Crippen molar-refractivity contribution in [3.63, 3.8) is 0 Å². The molecule has 2 bridgehead atoms. The molecule has 0 unspecified atom stereocenters. The Morgan fingerprint density at radius 3 is 2.81 bits per heavy atom. The molecule has 0 atom stereocenters. The third-order valence-electron chi connectivity index (χ3n) is 7.08. The summed E-state index contributed by atoms with van der Waals surface area (Å²) in [6.07, 6.45) is 6.97. The fraction of sp³-hybridized carbons (Fsp3) is 0.650. The first-order valence-electron chi connectivity index (χ1n) is 10.1. The molecule has 2 aromatic heterocycles. The van der Waals surface area contributed by atoms with Crippen molar-refractivity contribution in [3.05, 3.63) is 24.0 Å². The van der Waals surface area contributed by atoms with Crippen LogP contribution in [-0.4, -0.2) is 45.8 Å². The summed E-state index contributed by atoms with van der Waals surface area (Å²) < 4.78 is 0. The smallest absolute Gasteiger partial charge is 0.227 e. The van der Waals surface area contributed by atoms with Crippen molar-refractivity contribution in [1.82, 2.24) is 25.5 Å². The molecule has 0 radical (unpaired) electrons. The Balaban J connectivity index is 1.33.